The molecule has 46 heavy (non-hydrogen) atoms. The van der Waals surface area contributed by atoms with Crippen LogP contribution in [0.1, 0.15) is 63.7 Å². The number of likely N-dealkylation sites (tertiary alicyclic amines) is 1. The summed E-state index contributed by atoms with van der Waals surface area (Å²) in [7, 11) is 1.08. The Labute approximate surface area is 267 Å². The minimum absolute atomic E-state index is 0.112. The Morgan fingerprint density at radius 1 is 1.04 bits per heavy atom. The summed E-state index contributed by atoms with van der Waals surface area (Å²) in [4.78, 5) is 69.1. The maximum Gasteiger partial charge on any atom is 0.442 e. The van der Waals surface area contributed by atoms with Gasteiger partial charge in [-0.3, -0.25) is 4.79 Å². The summed E-state index contributed by atoms with van der Waals surface area (Å²) in [5, 5.41) is 4.11. The van der Waals surface area contributed by atoms with Gasteiger partial charge < -0.3 is 19.6 Å². The number of carbonyl (C=O) groups excluding carboxylic acids is 4. The molecule has 3 aromatic rings. The van der Waals surface area contributed by atoms with Crippen molar-refractivity contribution in [3.05, 3.63) is 76.6 Å². The molecule has 4 rings (SSSR count). The van der Waals surface area contributed by atoms with Crippen LogP contribution in [0, 0.1) is 11.8 Å². The molecule has 2 heterocycles. The highest BCUT2D eigenvalue weighted by molar-refractivity contribution is 6.03. The average molecular weight is 637 g/mol. The molecular weight excluding hydrogens is 594 g/mol. The quantitative estimate of drug-likeness (QED) is 0.250. The van der Waals surface area contributed by atoms with Crippen LogP contribution in [0.4, 0.5) is 9.59 Å². The van der Waals surface area contributed by atoms with Gasteiger partial charge in [-0.15, -0.1) is 5.10 Å². The van der Waals surface area contributed by atoms with Crippen molar-refractivity contribution in [3.8, 4) is 11.4 Å². The number of Topliss-reactive ketones (excluding diaryl/α,β-unsaturated/α-hetero) is 1. The molecule has 13 heteroatoms. The summed E-state index contributed by atoms with van der Waals surface area (Å²) in [6.45, 7) is 8.99. The predicted molar refractivity (Wildman–Crippen MR) is 167 cm³/mol. The van der Waals surface area contributed by atoms with Gasteiger partial charge in [-0.05, 0) is 48.6 Å². The van der Waals surface area contributed by atoms with Gasteiger partial charge >= 0.3 is 23.8 Å². The largest absolute Gasteiger partial charge is 0.489 e. The van der Waals surface area contributed by atoms with Gasteiger partial charge in [-0.1, -0.05) is 58.0 Å². The molecule has 0 saturated carbocycles. The van der Waals surface area contributed by atoms with Crippen LogP contribution in [-0.4, -0.2) is 74.8 Å². The zero-order chi connectivity index (χ0) is 33.8. The number of quaternary nitrogens is 1. The molecule has 1 aliphatic rings. The van der Waals surface area contributed by atoms with Crippen LogP contribution < -0.4 is 16.2 Å². The summed E-state index contributed by atoms with van der Waals surface area (Å²) >= 11 is 0. The first-order chi connectivity index (χ1) is 21.8. The van der Waals surface area contributed by atoms with E-state index in [-0.39, 0.29) is 12.5 Å². The smallest absolute Gasteiger partial charge is 0.442 e. The first-order valence-corrected chi connectivity index (χ1v) is 15.3. The SMILES string of the molecule is COC(=O)N(C(=O)[N+]1(C(=O)[C@@H](N)C(C)C)CCC[C@H]1C)[C@H](C(=O)c1nn(-c2ccc(OCc3ccccc3)cc2)c(=O)o1)C(C)C. The number of aromatic nitrogens is 2. The lowest BCUT2D eigenvalue weighted by atomic mass is 9.97. The van der Waals surface area contributed by atoms with Gasteiger partial charge in [0.2, 0.25) is 5.78 Å². The third-order valence-electron chi connectivity index (χ3n) is 8.47. The second kappa shape index (κ2) is 14.2. The Hall–Kier alpha value is -4.62. The minimum Gasteiger partial charge on any atom is -0.489 e. The van der Waals surface area contributed by atoms with Crippen LogP contribution in [-0.2, 0) is 16.1 Å². The molecule has 0 aliphatic carbocycles. The van der Waals surface area contributed by atoms with Crippen molar-refractivity contribution in [2.24, 2.45) is 17.6 Å². The van der Waals surface area contributed by atoms with Gasteiger partial charge in [0.1, 0.15) is 30.5 Å². The molecule has 246 valence electrons. The third kappa shape index (κ3) is 6.65. The molecule has 1 fully saturated rings. The van der Waals surface area contributed by atoms with E-state index >= 15 is 0 Å². The number of carbonyl (C=O) groups is 4. The summed E-state index contributed by atoms with van der Waals surface area (Å²) in [5.41, 5.74) is 7.54. The number of hydrogen-bond donors (Lipinski definition) is 1. The topological polar surface area (TPSA) is 164 Å². The van der Waals surface area contributed by atoms with E-state index in [9.17, 15) is 24.0 Å². The van der Waals surface area contributed by atoms with E-state index in [2.05, 4.69) is 5.10 Å². The maximum atomic E-state index is 14.4. The molecule has 0 bridgehead atoms. The Morgan fingerprint density at radius 2 is 1.70 bits per heavy atom. The molecule has 1 aliphatic heterocycles. The van der Waals surface area contributed by atoms with Crippen molar-refractivity contribution in [2.75, 3.05) is 13.7 Å². The zero-order valence-electron chi connectivity index (χ0n) is 27.0. The minimum atomic E-state index is -1.51. The molecule has 2 N–H and O–H groups in total. The second-order valence-electron chi connectivity index (χ2n) is 12.2. The standard InChI is InChI=1S/C33H42N5O8/c1-20(2)26(34)30(40)38(18-10-11-22(38)5)31(41)36(32(42)44-6)27(21(3)4)28(39)29-35-37(33(43)46-29)24-14-16-25(17-15-24)45-19-23-12-8-7-9-13-23/h7-9,12-17,20-22,26-27H,10-11,18-19,34H2,1-6H3/q+1/t22-,26+,27+,38?/m1/s1. The highest BCUT2D eigenvalue weighted by Gasteiger charge is 2.59. The Morgan fingerprint density at radius 3 is 2.24 bits per heavy atom. The number of urea groups is 1. The van der Waals surface area contributed by atoms with E-state index in [1.807, 2.05) is 30.3 Å². The number of nitrogens with zero attached hydrogens (tertiary/aromatic N) is 4. The molecular formula is C33H42N5O8+. The Bertz CT molecular complexity index is 1610. The van der Waals surface area contributed by atoms with Crippen LogP contribution in [0.25, 0.3) is 5.69 Å². The summed E-state index contributed by atoms with van der Waals surface area (Å²) < 4.78 is 16.2. The number of hydrogen-bond acceptors (Lipinski definition) is 10. The lowest BCUT2D eigenvalue weighted by Gasteiger charge is -2.40. The fourth-order valence-corrected chi connectivity index (χ4v) is 5.74. The van der Waals surface area contributed by atoms with Crippen LogP contribution in [0.2, 0.25) is 0 Å². The van der Waals surface area contributed by atoms with Crippen molar-refractivity contribution in [3.63, 3.8) is 0 Å². The average Bonchev–Trinajstić information content (AvgIpc) is 3.64. The van der Waals surface area contributed by atoms with Gasteiger partial charge in [0.25, 0.3) is 5.89 Å². The summed E-state index contributed by atoms with van der Waals surface area (Å²) in [5.74, 6) is -3.42. The molecule has 13 nitrogen and oxygen atoms in total. The summed E-state index contributed by atoms with van der Waals surface area (Å²) in [6.07, 6.45) is -0.0615. The van der Waals surface area contributed by atoms with Crippen LogP contribution in [0.5, 0.6) is 5.75 Å². The fourth-order valence-electron chi connectivity index (χ4n) is 5.74. The van der Waals surface area contributed by atoms with Gasteiger partial charge in [-0.25, -0.2) is 19.2 Å². The lowest BCUT2D eigenvalue weighted by molar-refractivity contribution is -0.788. The number of ketones is 1. The first kappa shape index (κ1) is 34.3. The van der Waals surface area contributed by atoms with Gasteiger partial charge in [0, 0.05) is 12.8 Å². The molecule has 1 saturated heterocycles. The van der Waals surface area contributed by atoms with E-state index in [0.29, 0.717) is 35.8 Å². The van der Waals surface area contributed by atoms with Crippen LogP contribution in [0.3, 0.4) is 0 Å². The van der Waals surface area contributed by atoms with E-state index < -0.39 is 64.0 Å². The lowest BCUT2D eigenvalue weighted by Crippen LogP contribution is -2.70. The van der Waals surface area contributed by atoms with Crippen molar-refractivity contribution in [1.82, 2.24) is 14.7 Å². The molecule has 0 radical (unpaired) electrons. The normalized spacial score (nSPS) is 19.1. The second-order valence-corrected chi connectivity index (χ2v) is 12.2. The molecule has 2 aromatic carbocycles. The number of imide groups is 2. The molecule has 1 aromatic heterocycles. The highest BCUT2D eigenvalue weighted by Crippen LogP contribution is 2.33. The van der Waals surface area contributed by atoms with Gasteiger partial charge in [0.05, 0.1) is 19.3 Å². The van der Waals surface area contributed by atoms with E-state index in [0.717, 1.165) is 17.4 Å². The van der Waals surface area contributed by atoms with Gasteiger partial charge in [0.15, 0.2) is 0 Å². The van der Waals surface area contributed by atoms with E-state index in [1.54, 1.807) is 58.9 Å². The molecule has 0 spiro atoms. The Balaban J connectivity index is 1.66. The van der Waals surface area contributed by atoms with Gasteiger partial charge in [-0.2, -0.15) is 14.1 Å². The van der Waals surface area contributed by atoms with Crippen molar-refractivity contribution < 1.29 is 37.6 Å². The van der Waals surface area contributed by atoms with Crippen molar-refractivity contribution in [1.29, 1.82) is 0 Å². The third-order valence-corrected chi connectivity index (χ3v) is 8.47. The molecule has 1 unspecified atom stereocenters. The number of methoxy groups -OCH3 is 1. The van der Waals surface area contributed by atoms with Crippen molar-refractivity contribution >= 4 is 23.8 Å². The zero-order valence-corrected chi connectivity index (χ0v) is 27.0. The number of rotatable bonds is 10. The van der Waals surface area contributed by atoms with Crippen LogP contribution >= 0.6 is 0 Å². The number of ether oxygens (including phenoxy) is 2. The number of amides is 4. The monoisotopic (exact) mass is 636 g/mol. The first-order valence-electron chi connectivity index (χ1n) is 15.3. The maximum absolute atomic E-state index is 14.4. The number of benzene rings is 2. The van der Waals surface area contributed by atoms with Crippen LogP contribution in [0.15, 0.2) is 63.8 Å². The Kier molecular flexibility index (Phi) is 10.6. The number of nitrogens with two attached hydrogens (primary N) is 1. The highest BCUT2D eigenvalue weighted by atomic mass is 16.5. The van der Waals surface area contributed by atoms with Crippen molar-refractivity contribution in [2.45, 2.75) is 72.2 Å². The molecule has 4 atom stereocenters. The predicted octanol–water partition coefficient (Wildman–Crippen LogP) is 4.31. The fraction of sp³-hybridized carbons (Fsp3) is 0.455. The summed E-state index contributed by atoms with van der Waals surface area (Å²) in [6, 6.07) is 12.2. The molecule has 4 amide bonds. The van der Waals surface area contributed by atoms with E-state index in [4.69, 9.17) is 19.6 Å². The van der Waals surface area contributed by atoms with E-state index in [1.165, 1.54) is 0 Å².